The molecule has 2 aliphatic rings. The van der Waals surface area contributed by atoms with Gasteiger partial charge in [0, 0.05) is 5.56 Å². The lowest BCUT2D eigenvalue weighted by atomic mass is 9.77. The van der Waals surface area contributed by atoms with E-state index in [1.165, 1.54) is 43.9 Å². The summed E-state index contributed by atoms with van der Waals surface area (Å²) >= 11 is 0. The first kappa shape index (κ1) is 33.6. The zero-order valence-corrected chi connectivity index (χ0v) is 26.0. The first-order chi connectivity index (χ1) is 21.3. The zero-order valence-electron chi connectivity index (χ0n) is 26.0. The van der Waals surface area contributed by atoms with Crippen molar-refractivity contribution in [1.82, 2.24) is 0 Å². The van der Waals surface area contributed by atoms with Crippen molar-refractivity contribution in [1.29, 1.82) is 0 Å². The van der Waals surface area contributed by atoms with Gasteiger partial charge < -0.3 is 18.9 Å². The molecule has 8 heteroatoms. The van der Waals surface area contributed by atoms with Crippen LogP contribution < -0.4 is 0 Å². The minimum absolute atomic E-state index is 0.0653. The van der Waals surface area contributed by atoms with Crippen molar-refractivity contribution >= 4 is 11.9 Å². The number of hydrogen-bond acceptors (Lipinski definition) is 6. The molecule has 2 fully saturated rings. The number of esters is 2. The molecule has 0 radical (unpaired) electrons. The molecule has 1 aliphatic heterocycles. The minimum Gasteiger partial charge on any atom is -0.464 e. The molecule has 238 valence electrons. The Morgan fingerprint density at radius 1 is 0.750 bits per heavy atom. The van der Waals surface area contributed by atoms with Crippen molar-refractivity contribution in [2.75, 3.05) is 13.2 Å². The SMILES string of the molecule is CCCCOC(=O)[C@@H]1OC(c2ccc(C#Cc3ccc(C4CCC(CCC)CC4)cc3F)c(F)c2)O[C@H]1C(=O)OCCCC. The summed E-state index contributed by atoms with van der Waals surface area (Å²) in [6, 6.07) is 9.31. The van der Waals surface area contributed by atoms with Crippen molar-refractivity contribution in [2.45, 2.75) is 109 Å². The summed E-state index contributed by atoms with van der Waals surface area (Å²) in [4.78, 5) is 25.4. The average Bonchev–Trinajstić information content (AvgIpc) is 3.48. The summed E-state index contributed by atoms with van der Waals surface area (Å²) < 4.78 is 52.1. The molecule has 2 aromatic rings. The van der Waals surface area contributed by atoms with Gasteiger partial charge in [-0.3, -0.25) is 0 Å². The lowest BCUT2D eigenvalue weighted by molar-refractivity contribution is -0.163. The van der Waals surface area contributed by atoms with Crippen molar-refractivity contribution in [3.8, 4) is 11.8 Å². The summed E-state index contributed by atoms with van der Waals surface area (Å²) in [5, 5.41) is 0. The van der Waals surface area contributed by atoms with Crippen LogP contribution >= 0.6 is 0 Å². The molecule has 0 unspecified atom stereocenters. The molecule has 1 heterocycles. The molecule has 44 heavy (non-hydrogen) atoms. The van der Waals surface area contributed by atoms with E-state index in [1.54, 1.807) is 12.1 Å². The third kappa shape index (κ3) is 8.89. The Hall–Kier alpha value is -3.28. The number of carbonyl (C=O) groups is 2. The molecule has 1 saturated heterocycles. The van der Waals surface area contributed by atoms with Crippen LogP contribution in [-0.2, 0) is 28.5 Å². The molecule has 4 rings (SSSR count). The standard InChI is InChI=1S/C36H44F2O6/c1-4-7-20-41-34(39)32-33(35(40)42-21-8-5-2)44-36(43-32)29-19-17-27(31(38)23-29)15-14-26-16-18-28(22-30(26)37)25-12-10-24(9-6-3)11-13-25/h16-19,22-25,32-33,36H,4-13,20-21H2,1-3H3/t24?,25?,32-,33-/m1/s1. The maximum atomic E-state index is 15.1. The Morgan fingerprint density at radius 2 is 1.25 bits per heavy atom. The van der Waals surface area contributed by atoms with Gasteiger partial charge in [-0.25, -0.2) is 18.4 Å². The fourth-order valence-corrected chi connectivity index (χ4v) is 5.75. The van der Waals surface area contributed by atoms with Crippen LogP contribution in [0.2, 0.25) is 0 Å². The number of unbranched alkanes of at least 4 members (excludes halogenated alkanes) is 2. The highest BCUT2D eigenvalue weighted by molar-refractivity contribution is 5.86. The molecule has 2 atom stereocenters. The van der Waals surface area contributed by atoms with Crippen LogP contribution in [0.15, 0.2) is 36.4 Å². The van der Waals surface area contributed by atoms with Gasteiger partial charge in [0.2, 0.25) is 0 Å². The third-order valence-corrected chi connectivity index (χ3v) is 8.37. The number of ether oxygens (including phenoxy) is 4. The van der Waals surface area contributed by atoms with Gasteiger partial charge in [0.05, 0.1) is 24.3 Å². The summed E-state index contributed by atoms with van der Waals surface area (Å²) in [7, 11) is 0. The van der Waals surface area contributed by atoms with Crippen LogP contribution in [0.25, 0.3) is 0 Å². The van der Waals surface area contributed by atoms with E-state index >= 15 is 4.39 Å². The first-order valence-electron chi connectivity index (χ1n) is 16.1. The van der Waals surface area contributed by atoms with Crippen LogP contribution in [0.4, 0.5) is 8.78 Å². The van der Waals surface area contributed by atoms with Crippen molar-refractivity contribution in [2.24, 2.45) is 5.92 Å². The molecule has 0 aromatic heterocycles. The Morgan fingerprint density at radius 3 is 1.73 bits per heavy atom. The van der Waals surface area contributed by atoms with Crippen LogP contribution in [0, 0.1) is 29.4 Å². The topological polar surface area (TPSA) is 71.1 Å². The molecular weight excluding hydrogens is 566 g/mol. The average molecular weight is 611 g/mol. The van der Waals surface area contributed by atoms with E-state index in [2.05, 4.69) is 18.8 Å². The van der Waals surface area contributed by atoms with Crippen LogP contribution in [0.1, 0.15) is 119 Å². The fourth-order valence-electron chi connectivity index (χ4n) is 5.75. The van der Waals surface area contributed by atoms with Gasteiger partial charge >= 0.3 is 11.9 Å². The van der Waals surface area contributed by atoms with E-state index in [9.17, 15) is 14.0 Å². The minimum atomic E-state index is -1.34. The van der Waals surface area contributed by atoms with Gasteiger partial charge in [-0.2, -0.15) is 0 Å². The second-order valence-corrected chi connectivity index (χ2v) is 11.7. The van der Waals surface area contributed by atoms with E-state index in [1.807, 2.05) is 19.9 Å². The number of halogens is 2. The van der Waals surface area contributed by atoms with Gasteiger partial charge in [-0.15, -0.1) is 0 Å². The lowest BCUT2D eigenvalue weighted by Crippen LogP contribution is -2.39. The van der Waals surface area contributed by atoms with Crippen LogP contribution in [0.5, 0.6) is 0 Å². The Kier molecular flexibility index (Phi) is 12.8. The third-order valence-electron chi connectivity index (χ3n) is 8.37. The normalized spacial score (nSPS) is 21.8. The van der Waals surface area contributed by atoms with Crippen LogP contribution in [0.3, 0.4) is 0 Å². The second kappa shape index (κ2) is 16.7. The molecule has 0 spiro atoms. The zero-order chi connectivity index (χ0) is 31.5. The van der Waals surface area contributed by atoms with E-state index < -0.39 is 42.1 Å². The summed E-state index contributed by atoms with van der Waals surface area (Å²) in [5.41, 5.74) is 1.52. The highest BCUT2D eigenvalue weighted by atomic mass is 19.1. The molecule has 2 aromatic carbocycles. The molecule has 0 amide bonds. The van der Waals surface area contributed by atoms with Gasteiger partial charge in [0.25, 0.3) is 0 Å². The highest BCUT2D eigenvalue weighted by Gasteiger charge is 2.47. The maximum Gasteiger partial charge on any atom is 0.338 e. The molecule has 6 nitrogen and oxygen atoms in total. The number of rotatable bonds is 12. The van der Waals surface area contributed by atoms with E-state index in [-0.39, 0.29) is 29.9 Å². The number of hydrogen-bond donors (Lipinski definition) is 0. The van der Waals surface area contributed by atoms with Gasteiger partial charge in [0.1, 0.15) is 11.6 Å². The Bertz CT molecular complexity index is 1290. The number of carbonyl (C=O) groups excluding carboxylic acids is 2. The smallest absolute Gasteiger partial charge is 0.338 e. The van der Waals surface area contributed by atoms with Gasteiger partial charge in [0.15, 0.2) is 18.5 Å². The van der Waals surface area contributed by atoms with Crippen LogP contribution in [-0.4, -0.2) is 37.4 Å². The molecule has 0 N–H and O–H groups in total. The highest BCUT2D eigenvalue weighted by Crippen LogP contribution is 2.38. The van der Waals surface area contributed by atoms with E-state index in [0.717, 1.165) is 37.2 Å². The summed E-state index contributed by atoms with van der Waals surface area (Å²) in [5.74, 6) is 4.06. The summed E-state index contributed by atoms with van der Waals surface area (Å²) in [6.07, 6.45) is 6.07. The van der Waals surface area contributed by atoms with E-state index in [0.29, 0.717) is 18.8 Å². The van der Waals surface area contributed by atoms with Gasteiger partial charge in [-0.1, -0.05) is 70.4 Å². The monoisotopic (exact) mass is 610 g/mol. The largest absolute Gasteiger partial charge is 0.464 e. The molecule has 1 saturated carbocycles. The number of benzene rings is 2. The molecule has 1 aliphatic carbocycles. The Balaban J connectivity index is 1.43. The summed E-state index contributed by atoms with van der Waals surface area (Å²) in [6.45, 7) is 6.50. The molecular formula is C36H44F2O6. The quantitative estimate of drug-likeness (QED) is 0.138. The van der Waals surface area contributed by atoms with Gasteiger partial charge in [-0.05, 0) is 80.2 Å². The van der Waals surface area contributed by atoms with Crippen molar-refractivity contribution < 1.29 is 37.3 Å². The fraction of sp³-hybridized carbons (Fsp3) is 0.556. The van der Waals surface area contributed by atoms with Crippen molar-refractivity contribution in [3.05, 3.63) is 70.3 Å². The predicted molar refractivity (Wildman–Crippen MR) is 163 cm³/mol. The van der Waals surface area contributed by atoms with E-state index in [4.69, 9.17) is 18.9 Å². The first-order valence-corrected chi connectivity index (χ1v) is 16.1. The Labute approximate surface area is 259 Å². The maximum absolute atomic E-state index is 15.1. The second-order valence-electron chi connectivity index (χ2n) is 11.7. The lowest BCUT2D eigenvalue weighted by Gasteiger charge is -2.28. The van der Waals surface area contributed by atoms with Crippen molar-refractivity contribution in [3.63, 3.8) is 0 Å². The molecule has 0 bridgehead atoms. The predicted octanol–water partition coefficient (Wildman–Crippen LogP) is 7.91.